The van der Waals surface area contributed by atoms with Crippen molar-refractivity contribution in [3.05, 3.63) is 22.4 Å². The minimum Gasteiger partial charge on any atom is -0.388 e. The molecule has 0 saturated heterocycles. The molecule has 2 N–H and O–H groups in total. The van der Waals surface area contributed by atoms with Crippen LogP contribution in [-0.2, 0) is 6.54 Å². The Morgan fingerprint density at radius 1 is 1.47 bits per heavy atom. The molecule has 0 spiro atoms. The number of carbonyl (C=O) groups is 1. The maximum atomic E-state index is 12.1. The summed E-state index contributed by atoms with van der Waals surface area (Å²) in [6.45, 7) is 6.91. The van der Waals surface area contributed by atoms with Gasteiger partial charge in [0.05, 0.1) is 5.60 Å². The van der Waals surface area contributed by atoms with E-state index in [0.29, 0.717) is 12.1 Å². The predicted molar refractivity (Wildman–Crippen MR) is 80.3 cm³/mol. The standard InChI is InChI=1S/C14H23BrN2O2/c1-4-6-14(3,19)10-16-13(18)12-8-11(15)9-17(12)7-5-2/h8-9,19H,4-7,10H2,1-3H3,(H,16,18). The molecule has 1 atom stereocenters. The first-order valence-corrected chi connectivity index (χ1v) is 7.55. The van der Waals surface area contributed by atoms with Gasteiger partial charge < -0.3 is 15.0 Å². The molecule has 19 heavy (non-hydrogen) atoms. The quantitative estimate of drug-likeness (QED) is 0.807. The van der Waals surface area contributed by atoms with Crippen LogP contribution in [0.2, 0.25) is 0 Å². The highest BCUT2D eigenvalue weighted by atomic mass is 79.9. The van der Waals surface area contributed by atoms with Crippen molar-refractivity contribution in [2.75, 3.05) is 6.54 Å². The van der Waals surface area contributed by atoms with Crippen LogP contribution in [0.4, 0.5) is 0 Å². The fourth-order valence-corrected chi connectivity index (χ4v) is 2.54. The summed E-state index contributed by atoms with van der Waals surface area (Å²) >= 11 is 3.39. The van der Waals surface area contributed by atoms with Crippen molar-refractivity contribution in [1.29, 1.82) is 0 Å². The number of nitrogens with zero attached hydrogens (tertiary/aromatic N) is 1. The fraction of sp³-hybridized carbons (Fsp3) is 0.643. The number of amides is 1. The predicted octanol–water partition coefficient (Wildman–Crippen LogP) is 2.94. The fourth-order valence-electron chi connectivity index (χ4n) is 2.08. The lowest BCUT2D eigenvalue weighted by Crippen LogP contribution is -2.41. The Morgan fingerprint density at radius 2 is 2.16 bits per heavy atom. The second kappa shape index (κ2) is 7.10. The highest BCUT2D eigenvalue weighted by Gasteiger charge is 2.21. The van der Waals surface area contributed by atoms with Crippen LogP contribution < -0.4 is 5.32 Å². The largest absolute Gasteiger partial charge is 0.388 e. The SMILES string of the molecule is CCCn1cc(Br)cc1C(=O)NCC(C)(O)CCC. The minimum absolute atomic E-state index is 0.143. The van der Waals surface area contributed by atoms with Crippen LogP contribution in [0.3, 0.4) is 0 Å². The molecule has 1 amide bonds. The van der Waals surface area contributed by atoms with Gasteiger partial charge in [-0.05, 0) is 41.8 Å². The molecule has 0 radical (unpaired) electrons. The zero-order chi connectivity index (χ0) is 14.5. The molecule has 0 aliphatic carbocycles. The van der Waals surface area contributed by atoms with Gasteiger partial charge in [0.25, 0.3) is 5.91 Å². The summed E-state index contributed by atoms with van der Waals surface area (Å²) in [4.78, 5) is 12.1. The molecule has 1 aromatic rings. The summed E-state index contributed by atoms with van der Waals surface area (Å²) < 4.78 is 2.82. The van der Waals surface area contributed by atoms with E-state index in [1.54, 1.807) is 13.0 Å². The Bertz CT molecular complexity index is 427. The number of halogens is 1. The zero-order valence-corrected chi connectivity index (χ0v) is 13.5. The number of aliphatic hydroxyl groups is 1. The molecule has 0 fully saturated rings. The molecular weight excluding hydrogens is 308 g/mol. The van der Waals surface area contributed by atoms with Crippen molar-refractivity contribution < 1.29 is 9.90 Å². The van der Waals surface area contributed by atoms with Crippen molar-refractivity contribution in [2.24, 2.45) is 0 Å². The van der Waals surface area contributed by atoms with E-state index < -0.39 is 5.60 Å². The number of nitrogens with one attached hydrogen (secondary N) is 1. The molecule has 1 unspecified atom stereocenters. The van der Waals surface area contributed by atoms with Gasteiger partial charge in [-0.1, -0.05) is 20.3 Å². The first-order valence-electron chi connectivity index (χ1n) is 6.76. The second-order valence-electron chi connectivity index (χ2n) is 5.17. The molecule has 0 saturated carbocycles. The van der Waals surface area contributed by atoms with Crippen molar-refractivity contribution in [1.82, 2.24) is 9.88 Å². The van der Waals surface area contributed by atoms with E-state index in [9.17, 15) is 9.90 Å². The highest BCUT2D eigenvalue weighted by Crippen LogP contribution is 2.16. The van der Waals surface area contributed by atoms with Crippen LogP contribution in [0.15, 0.2) is 16.7 Å². The van der Waals surface area contributed by atoms with E-state index in [0.717, 1.165) is 23.9 Å². The normalized spacial score (nSPS) is 14.2. The molecule has 0 aliphatic rings. The van der Waals surface area contributed by atoms with Gasteiger partial charge in [0.15, 0.2) is 0 Å². The summed E-state index contributed by atoms with van der Waals surface area (Å²) in [7, 11) is 0. The van der Waals surface area contributed by atoms with E-state index in [1.165, 1.54) is 0 Å². The lowest BCUT2D eigenvalue weighted by Gasteiger charge is -2.23. The van der Waals surface area contributed by atoms with Crippen molar-refractivity contribution in [2.45, 2.75) is 52.2 Å². The number of hydrogen-bond donors (Lipinski definition) is 2. The summed E-state index contributed by atoms with van der Waals surface area (Å²) in [5.41, 5.74) is -0.217. The average molecular weight is 331 g/mol. The van der Waals surface area contributed by atoms with Crippen molar-refractivity contribution in [3.8, 4) is 0 Å². The van der Waals surface area contributed by atoms with Gasteiger partial charge in [0.1, 0.15) is 5.69 Å². The maximum Gasteiger partial charge on any atom is 0.268 e. The molecule has 1 rings (SSSR count). The van der Waals surface area contributed by atoms with Crippen LogP contribution in [0.1, 0.15) is 50.5 Å². The van der Waals surface area contributed by atoms with E-state index in [1.807, 2.05) is 17.7 Å². The van der Waals surface area contributed by atoms with Gasteiger partial charge in [0, 0.05) is 23.8 Å². The Hall–Kier alpha value is -0.810. The first kappa shape index (κ1) is 16.2. The number of hydrogen-bond acceptors (Lipinski definition) is 2. The molecular formula is C14H23BrN2O2. The molecule has 1 heterocycles. The lowest BCUT2D eigenvalue weighted by molar-refractivity contribution is 0.0467. The summed E-state index contributed by atoms with van der Waals surface area (Å²) in [6, 6.07) is 1.81. The molecule has 108 valence electrons. The Balaban J connectivity index is 2.68. The van der Waals surface area contributed by atoms with E-state index >= 15 is 0 Å². The minimum atomic E-state index is -0.843. The number of aryl methyl sites for hydroxylation is 1. The summed E-state index contributed by atoms with van der Waals surface area (Å²) in [6.07, 6.45) is 4.44. The van der Waals surface area contributed by atoms with Gasteiger partial charge in [-0.3, -0.25) is 4.79 Å². The van der Waals surface area contributed by atoms with Crippen LogP contribution >= 0.6 is 15.9 Å². The third-order valence-corrected chi connectivity index (χ3v) is 3.41. The number of aromatic nitrogens is 1. The number of carbonyl (C=O) groups excluding carboxylic acids is 1. The molecule has 5 heteroatoms. The average Bonchev–Trinajstić information content (AvgIpc) is 2.68. The van der Waals surface area contributed by atoms with E-state index in [4.69, 9.17) is 0 Å². The molecule has 4 nitrogen and oxygen atoms in total. The Morgan fingerprint density at radius 3 is 2.74 bits per heavy atom. The van der Waals surface area contributed by atoms with Crippen molar-refractivity contribution in [3.63, 3.8) is 0 Å². The Kier molecular flexibility index (Phi) is 6.07. The third-order valence-electron chi connectivity index (χ3n) is 2.98. The van der Waals surface area contributed by atoms with Gasteiger partial charge >= 0.3 is 0 Å². The van der Waals surface area contributed by atoms with Gasteiger partial charge in [0.2, 0.25) is 0 Å². The van der Waals surface area contributed by atoms with Crippen LogP contribution in [-0.4, -0.2) is 27.7 Å². The van der Waals surface area contributed by atoms with E-state index in [2.05, 4.69) is 28.2 Å². The highest BCUT2D eigenvalue weighted by molar-refractivity contribution is 9.10. The summed E-state index contributed by atoms with van der Waals surface area (Å²) in [5.74, 6) is -0.143. The van der Waals surface area contributed by atoms with Crippen LogP contribution in [0.25, 0.3) is 0 Å². The van der Waals surface area contributed by atoms with Crippen LogP contribution in [0, 0.1) is 0 Å². The van der Waals surface area contributed by atoms with Gasteiger partial charge in [-0.2, -0.15) is 0 Å². The molecule has 0 aromatic carbocycles. The van der Waals surface area contributed by atoms with Gasteiger partial charge in [-0.15, -0.1) is 0 Å². The maximum absolute atomic E-state index is 12.1. The first-order chi connectivity index (χ1) is 8.89. The van der Waals surface area contributed by atoms with Crippen molar-refractivity contribution >= 4 is 21.8 Å². The lowest BCUT2D eigenvalue weighted by atomic mass is 10.0. The topological polar surface area (TPSA) is 54.3 Å². The smallest absolute Gasteiger partial charge is 0.268 e. The third kappa shape index (κ3) is 4.99. The van der Waals surface area contributed by atoms with E-state index in [-0.39, 0.29) is 12.5 Å². The summed E-state index contributed by atoms with van der Waals surface area (Å²) in [5, 5.41) is 12.9. The monoisotopic (exact) mass is 330 g/mol. The van der Waals surface area contributed by atoms with Crippen LogP contribution in [0.5, 0.6) is 0 Å². The second-order valence-corrected chi connectivity index (χ2v) is 6.08. The van der Waals surface area contributed by atoms with Gasteiger partial charge in [-0.25, -0.2) is 0 Å². The molecule has 0 aliphatic heterocycles. The zero-order valence-electron chi connectivity index (χ0n) is 11.9. The number of rotatable bonds is 7. The molecule has 0 bridgehead atoms. The Labute approximate surface area is 123 Å². The molecule has 1 aromatic heterocycles.